The number of hydrogen-bond acceptors (Lipinski definition) is 4. The van der Waals surface area contributed by atoms with Crippen molar-refractivity contribution in [3.8, 4) is 5.75 Å². The second-order valence-corrected chi connectivity index (χ2v) is 4.92. The summed E-state index contributed by atoms with van der Waals surface area (Å²) in [6, 6.07) is 8.44. The van der Waals surface area contributed by atoms with Gasteiger partial charge < -0.3 is 4.74 Å². The molecule has 1 aromatic rings. The molecule has 1 atom stereocenters. The number of carbonyl (C=O) groups excluding carboxylic acids is 2. The lowest BCUT2D eigenvalue weighted by atomic mass is 10.2. The van der Waals surface area contributed by atoms with Gasteiger partial charge >= 0.3 is 12.1 Å². The Balaban J connectivity index is 1.96. The number of ether oxygens (including phenoxy) is 1. The summed E-state index contributed by atoms with van der Waals surface area (Å²) in [5, 5.41) is 0. The Labute approximate surface area is 121 Å². The monoisotopic (exact) mass is 287 g/mol. The Kier molecular flexibility index (Phi) is 2.97. The zero-order valence-electron chi connectivity index (χ0n) is 12.0. The maximum Gasteiger partial charge on any atom is 0.502 e. The zero-order valence-corrected chi connectivity index (χ0v) is 12.0. The minimum absolute atomic E-state index is 0.296. The molecule has 1 unspecified atom stereocenters. The second-order valence-electron chi connectivity index (χ2n) is 4.92. The fraction of sp³-hybridized carbons (Fsp3) is 0.286. The van der Waals surface area contributed by atoms with Gasteiger partial charge in [-0.15, -0.1) is 0 Å². The molecule has 1 saturated heterocycles. The molecule has 0 aromatic heterocycles. The topological polar surface area (TPSA) is 65.2 Å². The quantitative estimate of drug-likeness (QED) is 0.701. The van der Waals surface area contributed by atoms with Crippen molar-refractivity contribution in [3.63, 3.8) is 0 Å². The predicted molar refractivity (Wildman–Crippen MR) is 75.4 cm³/mol. The number of amidine groups is 2. The Hall–Kier alpha value is -2.70. The molecule has 0 saturated carbocycles. The van der Waals surface area contributed by atoms with E-state index >= 15 is 0 Å². The Morgan fingerprint density at radius 1 is 1.14 bits per heavy atom. The van der Waals surface area contributed by atoms with Crippen LogP contribution in [-0.4, -0.2) is 65.4 Å². The van der Waals surface area contributed by atoms with Gasteiger partial charge in [0.1, 0.15) is 5.75 Å². The summed E-state index contributed by atoms with van der Waals surface area (Å²) in [5.41, 5.74) is 0. The number of nitrogens with zero attached hydrogens (tertiary/aromatic N) is 4. The summed E-state index contributed by atoms with van der Waals surface area (Å²) in [6.45, 7) is 0. The van der Waals surface area contributed by atoms with Crippen LogP contribution in [0.5, 0.6) is 5.75 Å². The molecule has 3 rings (SSSR count). The van der Waals surface area contributed by atoms with Gasteiger partial charge in [0.2, 0.25) is 0 Å². The Morgan fingerprint density at radius 3 is 2.48 bits per heavy atom. The molecule has 0 aliphatic carbocycles. The van der Waals surface area contributed by atoms with Crippen molar-refractivity contribution in [2.75, 3.05) is 21.1 Å². The first-order valence-electron chi connectivity index (χ1n) is 6.47. The molecule has 1 fully saturated rings. The van der Waals surface area contributed by atoms with Crippen molar-refractivity contribution in [2.24, 2.45) is 4.99 Å². The van der Waals surface area contributed by atoms with Gasteiger partial charge in [0.25, 0.3) is 17.8 Å². The van der Waals surface area contributed by atoms with E-state index in [2.05, 4.69) is 4.99 Å². The minimum atomic E-state index is -0.628. The zero-order chi connectivity index (χ0) is 15.1. The van der Waals surface area contributed by atoms with E-state index in [4.69, 9.17) is 4.74 Å². The Morgan fingerprint density at radius 2 is 1.81 bits per heavy atom. The number of fused-ring (bicyclic) bond motifs is 1. The van der Waals surface area contributed by atoms with Crippen LogP contribution in [0.25, 0.3) is 0 Å². The van der Waals surface area contributed by atoms with E-state index in [-0.39, 0.29) is 5.91 Å². The van der Waals surface area contributed by atoms with E-state index in [1.54, 1.807) is 30.8 Å². The number of aliphatic imine (C=N–C) groups is 1. The van der Waals surface area contributed by atoms with Gasteiger partial charge in [0.05, 0.1) is 7.05 Å². The average Bonchev–Trinajstić information content (AvgIpc) is 2.81. The molecule has 0 bridgehead atoms. The number of para-hydroxylation sites is 1. The van der Waals surface area contributed by atoms with Crippen molar-refractivity contribution >= 4 is 23.8 Å². The number of urea groups is 1. The van der Waals surface area contributed by atoms with Crippen LogP contribution in [-0.2, 0) is 4.79 Å². The maximum absolute atomic E-state index is 12.3. The molecule has 2 heterocycles. The van der Waals surface area contributed by atoms with Crippen LogP contribution in [0, 0.1) is 0 Å². The first-order chi connectivity index (χ1) is 10.0. The summed E-state index contributed by atoms with van der Waals surface area (Å²) in [6.07, 6.45) is 0. The van der Waals surface area contributed by atoms with Crippen LogP contribution in [0.2, 0.25) is 0 Å². The SMILES string of the molecule is CN1C(=O)C2C(=NC(Oc3ccccc3)=[N+]2C)N(C)C1=O. The third-order valence-electron chi connectivity index (χ3n) is 3.58. The molecule has 2 aliphatic heterocycles. The van der Waals surface area contributed by atoms with E-state index in [0.717, 1.165) is 4.90 Å². The molecular weight excluding hydrogens is 272 g/mol. The van der Waals surface area contributed by atoms with Crippen molar-refractivity contribution in [2.45, 2.75) is 6.04 Å². The van der Waals surface area contributed by atoms with Crippen LogP contribution in [0.3, 0.4) is 0 Å². The van der Waals surface area contributed by atoms with Crippen LogP contribution < -0.4 is 4.74 Å². The van der Waals surface area contributed by atoms with Crippen LogP contribution in [0.15, 0.2) is 35.3 Å². The molecule has 0 radical (unpaired) electrons. The Bertz CT molecular complexity index is 681. The summed E-state index contributed by atoms with van der Waals surface area (Å²) in [7, 11) is 4.77. The molecular formula is C14H15N4O3+. The van der Waals surface area contributed by atoms with E-state index < -0.39 is 12.1 Å². The van der Waals surface area contributed by atoms with Gasteiger partial charge in [-0.25, -0.2) is 9.37 Å². The second kappa shape index (κ2) is 4.69. The standard InChI is InChI=1S/C14H15N4O3/c1-16-10-11(17(2)14(20)18(3)12(10)19)15-13(16)21-9-7-5-4-6-8-9/h4-8,10H,1-3H3/q+1. The minimum Gasteiger partial charge on any atom is -0.389 e. The molecule has 7 nitrogen and oxygen atoms in total. The summed E-state index contributed by atoms with van der Waals surface area (Å²) < 4.78 is 7.32. The number of carbonyl (C=O) groups is 2. The number of amides is 3. The lowest BCUT2D eigenvalue weighted by Gasteiger charge is -2.29. The van der Waals surface area contributed by atoms with E-state index in [9.17, 15) is 9.59 Å². The van der Waals surface area contributed by atoms with Crippen molar-refractivity contribution in [1.29, 1.82) is 0 Å². The van der Waals surface area contributed by atoms with Gasteiger partial charge in [0, 0.05) is 19.1 Å². The predicted octanol–water partition coefficient (Wildman–Crippen LogP) is 0.368. The smallest absolute Gasteiger partial charge is 0.389 e. The van der Waals surface area contributed by atoms with E-state index in [1.807, 2.05) is 18.2 Å². The van der Waals surface area contributed by atoms with Gasteiger partial charge in [-0.1, -0.05) is 18.2 Å². The van der Waals surface area contributed by atoms with Crippen molar-refractivity contribution in [1.82, 2.24) is 9.80 Å². The van der Waals surface area contributed by atoms with E-state index in [0.29, 0.717) is 17.6 Å². The fourth-order valence-electron chi connectivity index (χ4n) is 2.35. The number of hydrogen-bond donors (Lipinski definition) is 0. The largest absolute Gasteiger partial charge is 0.502 e. The van der Waals surface area contributed by atoms with Gasteiger partial charge in [-0.3, -0.25) is 14.6 Å². The summed E-state index contributed by atoms with van der Waals surface area (Å²) in [5.74, 6) is 0.694. The van der Waals surface area contributed by atoms with E-state index in [1.165, 1.54) is 11.9 Å². The first kappa shape index (κ1) is 13.3. The van der Waals surface area contributed by atoms with Gasteiger partial charge in [-0.2, -0.15) is 0 Å². The third-order valence-corrected chi connectivity index (χ3v) is 3.58. The molecule has 3 amide bonds. The number of likely N-dealkylation sites (N-methyl/N-ethyl adjacent to an activating group) is 3. The number of imide groups is 1. The van der Waals surface area contributed by atoms with Crippen molar-refractivity contribution < 1.29 is 18.9 Å². The lowest BCUT2D eigenvalue weighted by molar-refractivity contribution is -0.511. The fourth-order valence-corrected chi connectivity index (χ4v) is 2.35. The third kappa shape index (κ3) is 1.97. The first-order valence-corrected chi connectivity index (χ1v) is 6.47. The normalized spacial score (nSPS) is 21.7. The highest BCUT2D eigenvalue weighted by Gasteiger charge is 2.52. The highest BCUT2D eigenvalue weighted by Crippen LogP contribution is 2.19. The van der Waals surface area contributed by atoms with Crippen molar-refractivity contribution in [3.05, 3.63) is 30.3 Å². The highest BCUT2D eigenvalue weighted by atomic mass is 16.5. The summed E-state index contributed by atoms with van der Waals surface area (Å²) >= 11 is 0. The molecule has 21 heavy (non-hydrogen) atoms. The van der Waals surface area contributed by atoms with Gasteiger partial charge in [0.15, 0.2) is 0 Å². The van der Waals surface area contributed by atoms with Crippen LogP contribution in [0.4, 0.5) is 4.79 Å². The molecule has 0 N–H and O–H groups in total. The van der Waals surface area contributed by atoms with Crippen LogP contribution >= 0.6 is 0 Å². The highest BCUT2D eigenvalue weighted by molar-refractivity contribution is 6.22. The molecule has 108 valence electrons. The molecule has 0 spiro atoms. The number of benzene rings is 1. The molecule has 2 aliphatic rings. The molecule has 7 heteroatoms. The number of rotatable bonds is 1. The van der Waals surface area contributed by atoms with Crippen LogP contribution in [0.1, 0.15) is 0 Å². The van der Waals surface area contributed by atoms with Gasteiger partial charge in [-0.05, 0) is 12.1 Å². The lowest BCUT2D eigenvalue weighted by Crippen LogP contribution is -2.61. The maximum atomic E-state index is 12.3. The molecule has 1 aromatic carbocycles. The average molecular weight is 287 g/mol. The summed E-state index contributed by atoms with van der Waals surface area (Å²) in [4.78, 5) is 30.9.